The van der Waals surface area contributed by atoms with Crippen LogP contribution in [-0.4, -0.2) is 11.7 Å². The van der Waals surface area contributed by atoms with Crippen molar-refractivity contribution in [2.75, 3.05) is 6.61 Å². The molecule has 0 heterocycles. The number of halogens is 1. The first-order valence-electron chi connectivity index (χ1n) is 4.68. The predicted molar refractivity (Wildman–Crippen MR) is 56.7 cm³/mol. The van der Waals surface area contributed by atoms with Crippen molar-refractivity contribution < 1.29 is 5.11 Å². The third-order valence-corrected chi connectivity index (χ3v) is 3.53. The highest BCUT2D eigenvalue weighted by atomic mass is 79.9. The van der Waals surface area contributed by atoms with Crippen LogP contribution in [0.25, 0.3) is 0 Å². The van der Waals surface area contributed by atoms with E-state index in [1.54, 1.807) is 0 Å². The fourth-order valence-corrected chi connectivity index (χ4v) is 2.54. The average Bonchev–Trinajstić information content (AvgIpc) is 2.18. The monoisotopic (exact) mass is 240 g/mol. The molecule has 0 saturated carbocycles. The second kappa shape index (κ2) is 3.81. The van der Waals surface area contributed by atoms with E-state index in [9.17, 15) is 0 Å². The zero-order chi connectivity index (χ0) is 9.26. The molecule has 0 aliphatic heterocycles. The summed E-state index contributed by atoms with van der Waals surface area (Å²) >= 11 is 3.56. The van der Waals surface area contributed by atoms with Crippen LogP contribution in [0.3, 0.4) is 0 Å². The summed E-state index contributed by atoms with van der Waals surface area (Å²) in [4.78, 5) is 0. The van der Waals surface area contributed by atoms with Crippen LogP contribution in [0.5, 0.6) is 0 Å². The summed E-state index contributed by atoms with van der Waals surface area (Å²) in [7, 11) is 0. The Balaban J connectivity index is 2.32. The van der Waals surface area contributed by atoms with Gasteiger partial charge >= 0.3 is 0 Å². The van der Waals surface area contributed by atoms with Gasteiger partial charge < -0.3 is 5.11 Å². The van der Waals surface area contributed by atoms with Gasteiger partial charge in [0.1, 0.15) is 0 Å². The molecule has 1 aliphatic carbocycles. The first kappa shape index (κ1) is 9.22. The number of fused-ring (bicyclic) bond motifs is 1. The molecule has 0 fully saturated rings. The molecule has 1 atom stereocenters. The fraction of sp³-hybridized carbons (Fsp3) is 0.455. The number of aryl methyl sites for hydroxylation is 1. The van der Waals surface area contributed by atoms with Crippen LogP contribution in [0.2, 0.25) is 0 Å². The molecule has 2 rings (SSSR count). The minimum atomic E-state index is 0.320. The second-order valence-electron chi connectivity index (χ2n) is 3.67. The molecule has 70 valence electrons. The fourth-order valence-electron chi connectivity index (χ4n) is 1.97. The van der Waals surface area contributed by atoms with Gasteiger partial charge in [0.2, 0.25) is 0 Å². The van der Waals surface area contributed by atoms with Crippen molar-refractivity contribution >= 4 is 15.9 Å². The third-order valence-electron chi connectivity index (χ3n) is 2.79. The quantitative estimate of drug-likeness (QED) is 0.801. The van der Waals surface area contributed by atoms with Gasteiger partial charge in [-0.2, -0.15) is 0 Å². The number of hydrogen-bond donors (Lipinski definition) is 1. The van der Waals surface area contributed by atoms with Gasteiger partial charge in [0.25, 0.3) is 0 Å². The molecule has 1 N–H and O–H groups in total. The van der Waals surface area contributed by atoms with E-state index >= 15 is 0 Å². The lowest BCUT2D eigenvalue weighted by Crippen LogP contribution is -2.17. The van der Waals surface area contributed by atoms with Gasteiger partial charge in [-0.3, -0.25) is 0 Å². The van der Waals surface area contributed by atoms with E-state index in [0.717, 1.165) is 19.3 Å². The number of benzene rings is 1. The number of rotatable bonds is 1. The zero-order valence-corrected chi connectivity index (χ0v) is 9.05. The Kier molecular flexibility index (Phi) is 2.70. The van der Waals surface area contributed by atoms with Gasteiger partial charge in [-0.1, -0.05) is 28.1 Å². The molecule has 0 radical (unpaired) electrons. The van der Waals surface area contributed by atoms with E-state index < -0.39 is 0 Å². The van der Waals surface area contributed by atoms with Crippen molar-refractivity contribution in [3.05, 3.63) is 33.8 Å². The smallest absolute Gasteiger partial charge is 0.0462 e. The molecule has 1 aromatic rings. The molecule has 1 aliphatic rings. The topological polar surface area (TPSA) is 20.2 Å². The van der Waals surface area contributed by atoms with Gasteiger partial charge in [0, 0.05) is 11.1 Å². The first-order chi connectivity index (χ1) is 6.31. The molecule has 0 aromatic heterocycles. The summed E-state index contributed by atoms with van der Waals surface area (Å²) in [5, 5.41) is 9.09. The standard InChI is InChI=1S/C11H13BrO/c12-11-3-1-2-9-5-4-8(7-13)6-10(9)11/h1-3,8,13H,4-7H2. The van der Waals surface area contributed by atoms with Gasteiger partial charge in [-0.25, -0.2) is 0 Å². The van der Waals surface area contributed by atoms with E-state index in [2.05, 4.69) is 34.1 Å². The van der Waals surface area contributed by atoms with Gasteiger partial charge in [-0.15, -0.1) is 0 Å². The Labute approximate surface area is 86.9 Å². The van der Waals surface area contributed by atoms with Crippen LogP contribution < -0.4 is 0 Å². The van der Waals surface area contributed by atoms with Crippen molar-refractivity contribution in [2.24, 2.45) is 5.92 Å². The molecule has 1 nitrogen and oxygen atoms in total. The lowest BCUT2D eigenvalue weighted by Gasteiger charge is -2.23. The van der Waals surface area contributed by atoms with E-state index in [4.69, 9.17) is 5.11 Å². The lowest BCUT2D eigenvalue weighted by atomic mass is 9.84. The largest absolute Gasteiger partial charge is 0.396 e. The Morgan fingerprint density at radius 3 is 3.08 bits per heavy atom. The van der Waals surface area contributed by atoms with Crippen LogP contribution in [0.1, 0.15) is 17.5 Å². The summed E-state index contributed by atoms with van der Waals surface area (Å²) in [6, 6.07) is 6.36. The molecular weight excluding hydrogens is 228 g/mol. The molecular formula is C11H13BrO. The summed E-state index contributed by atoms with van der Waals surface area (Å²) in [6.45, 7) is 0.320. The van der Waals surface area contributed by atoms with Crippen LogP contribution in [0.15, 0.2) is 22.7 Å². The molecule has 1 unspecified atom stereocenters. The zero-order valence-electron chi connectivity index (χ0n) is 7.46. The summed E-state index contributed by atoms with van der Waals surface area (Å²) in [5.41, 5.74) is 2.84. The van der Waals surface area contributed by atoms with Crippen LogP contribution >= 0.6 is 15.9 Å². The Morgan fingerprint density at radius 2 is 2.31 bits per heavy atom. The molecule has 0 amide bonds. The first-order valence-corrected chi connectivity index (χ1v) is 5.47. The van der Waals surface area contributed by atoms with Crippen molar-refractivity contribution in [2.45, 2.75) is 19.3 Å². The minimum absolute atomic E-state index is 0.320. The SMILES string of the molecule is OCC1CCc2cccc(Br)c2C1. The van der Waals surface area contributed by atoms with Crippen molar-refractivity contribution in [3.8, 4) is 0 Å². The van der Waals surface area contributed by atoms with E-state index in [1.165, 1.54) is 15.6 Å². The second-order valence-corrected chi connectivity index (χ2v) is 4.52. The van der Waals surface area contributed by atoms with Crippen molar-refractivity contribution in [3.63, 3.8) is 0 Å². The summed E-state index contributed by atoms with van der Waals surface area (Å²) in [5.74, 6) is 0.464. The maximum Gasteiger partial charge on any atom is 0.0462 e. The summed E-state index contributed by atoms with van der Waals surface area (Å²) < 4.78 is 1.20. The van der Waals surface area contributed by atoms with Crippen molar-refractivity contribution in [1.29, 1.82) is 0 Å². The minimum Gasteiger partial charge on any atom is -0.396 e. The van der Waals surface area contributed by atoms with E-state index in [-0.39, 0.29) is 0 Å². The Hall–Kier alpha value is -0.340. The number of aliphatic hydroxyl groups excluding tert-OH is 1. The molecule has 1 aromatic carbocycles. The predicted octanol–water partition coefficient (Wildman–Crippen LogP) is 2.55. The third kappa shape index (κ3) is 1.79. The van der Waals surface area contributed by atoms with E-state index in [0.29, 0.717) is 12.5 Å². The Bertz CT molecular complexity index is 309. The highest BCUT2D eigenvalue weighted by molar-refractivity contribution is 9.10. The maximum absolute atomic E-state index is 9.09. The average molecular weight is 241 g/mol. The van der Waals surface area contributed by atoms with Gasteiger partial charge in [0.05, 0.1) is 0 Å². The molecule has 2 heteroatoms. The molecule has 0 bridgehead atoms. The number of aliphatic hydroxyl groups is 1. The summed E-state index contributed by atoms with van der Waals surface area (Å²) in [6.07, 6.45) is 3.26. The number of hydrogen-bond acceptors (Lipinski definition) is 1. The van der Waals surface area contributed by atoms with Crippen LogP contribution in [-0.2, 0) is 12.8 Å². The lowest BCUT2D eigenvalue weighted by molar-refractivity contribution is 0.213. The molecule has 0 spiro atoms. The van der Waals surface area contributed by atoms with Crippen molar-refractivity contribution in [1.82, 2.24) is 0 Å². The Morgan fingerprint density at radius 1 is 1.46 bits per heavy atom. The highest BCUT2D eigenvalue weighted by Gasteiger charge is 2.19. The van der Waals surface area contributed by atoms with Crippen LogP contribution in [0.4, 0.5) is 0 Å². The van der Waals surface area contributed by atoms with Gasteiger partial charge in [0.15, 0.2) is 0 Å². The maximum atomic E-state index is 9.09. The van der Waals surface area contributed by atoms with Crippen LogP contribution in [0, 0.1) is 5.92 Å². The molecule has 0 saturated heterocycles. The molecule has 13 heavy (non-hydrogen) atoms. The highest BCUT2D eigenvalue weighted by Crippen LogP contribution is 2.30. The normalized spacial score (nSPS) is 21.2. The van der Waals surface area contributed by atoms with E-state index in [1.807, 2.05) is 0 Å². The van der Waals surface area contributed by atoms with Gasteiger partial charge in [-0.05, 0) is 42.4 Å².